The van der Waals surface area contributed by atoms with E-state index < -0.39 is 0 Å². The predicted molar refractivity (Wildman–Crippen MR) is 90.2 cm³/mol. The molecule has 4 rings (SSSR count). The molecule has 1 aromatic heterocycles. The van der Waals surface area contributed by atoms with Gasteiger partial charge in [0.2, 0.25) is 17.8 Å². The molecular formula is C16H26N6O. The Balaban J connectivity index is 1.65. The fourth-order valence-electron chi connectivity index (χ4n) is 3.74. The highest BCUT2D eigenvalue weighted by Crippen LogP contribution is 2.25. The van der Waals surface area contributed by atoms with Crippen molar-refractivity contribution in [2.75, 3.05) is 54.0 Å². The summed E-state index contributed by atoms with van der Waals surface area (Å²) < 4.78 is 0. The van der Waals surface area contributed by atoms with Gasteiger partial charge in [-0.1, -0.05) is 0 Å². The summed E-state index contributed by atoms with van der Waals surface area (Å²) in [5.74, 6) is 2.37. The highest BCUT2D eigenvalue weighted by molar-refractivity contribution is 5.47. The van der Waals surface area contributed by atoms with E-state index in [0.29, 0.717) is 6.54 Å². The standard InChI is InChI=1S/C16H26N6O/c23-13-6-5-11-22(12-13)16-18-14(20-7-1-2-8-20)17-15(19-16)21-9-3-4-10-21/h13,23H,1-12H2/t13-/m1/s1. The maximum atomic E-state index is 9.97. The lowest BCUT2D eigenvalue weighted by atomic mass is 10.1. The second kappa shape index (κ2) is 6.47. The summed E-state index contributed by atoms with van der Waals surface area (Å²) in [5.41, 5.74) is 0. The zero-order valence-electron chi connectivity index (χ0n) is 13.7. The monoisotopic (exact) mass is 318 g/mol. The summed E-state index contributed by atoms with van der Waals surface area (Å²) in [7, 11) is 0. The van der Waals surface area contributed by atoms with Gasteiger partial charge in [-0.2, -0.15) is 15.0 Å². The topological polar surface area (TPSA) is 68.6 Å². The van der Waals surface area contributed by atoms with Gasteiger partial charge in [0, 0.05) is 39.3 Å². The van der Waals surface area contributed by atoms with Crippen LogP contribution in [-0.2, 0) is 0 Å². The average molecular weight is 318 g/mol. The van der Waals surface area contributed by atoms with Crippen LogP contribution in [0.5, 0.6) is 0 Å². The third kappa shape index (κ3) is 3.20. The number of anilines is 3. The number of hydrogen-bond acceptors (Lipinski definition) is 7. The Morgan fingerprint density at radius 2 is 1.09 bits per heavy atom. The van der Waals surface area contributed by atoms with E-state index in [-0.39, 0.29) is 6.10 Å². The molecule has 3 fully saturated rings. The molecule has 0 amide bonds. The van der Waals surface area contributed by atoms with Gasteiger partial charge in [-0.3, -0.25) is 0 Å². The first-order valence-electron chi connectivity index (χ1n) is 8.98. The van der Waals surface area contributed by atoms with Crippen molar-refractivity contribution in [2.24, 2.45) is 0 Å². The number of nitrogens with zero attached hydrogens (tertiary/aromatic N) is 6. The van der Waals surface area contributed by atoms with Crippen LogP contribution in [0.1, 0.15) is 38.5 Å². The maximum Gasteiger partial charge on any atom is 0.232 e. The summed E-state index contributed by atoms with van der Waals surface area (Å²) >= 11 is 0. The Bertz CT molecular complexity index is 507. The van der Waals surface area contributed by atoms with Crippen molar-refractivity contribution in [3.8, 4) is 0 Å². The zero-order chi connectivity index (χ0) is 15.6. The van der Waals surface area contributed by atoms with Gasteiger partial charge in [0.25, 0.3) is 0 Å². The molecule has 23 heavy (non-hydrogen) atoms. The largest absolute Gasteiger partial charge is 0.391 e. The molecule has 126 valence electrons. The van der Waals surface area contributed by atoms with Crippen molar-refractivity contribution in [3.63, 3.8) is 0 Å². The lowest BCUT2D eigenvalue weighted by Crippen LogP contribution is -2.40. The van der Waals surface area contributed by atoms with Crippen LogP contribution in [0.3, 0.4) is 0 Å². The third-order valence-electron chi connectivity index (χ3n) is 5.06. The molecule has 7 nitrogen and oxygen atoms in total. The van der Waals surface area contributed by atoms with E-state index in [0.717, 1.165) is 63.4 Å². The van der Waals surface area contributed by atoms with E-state index in [2.05, 4.69) is 14.7 Å². The molecule has 4 heterocycles. The molecule has 1 aromatic rings. The molecule has 3 aliphatic heterocycles. The number of aliphatic hydroxyl groups is 1. The van der Waals surface area contributed by atoms with E-state index in [1.54, 1.807) is 0 Å². The van der Waals surface area contributed by atoms with Gasteiger partial charge >= 0.3 is 0 Å². The number of aliphatic hydroxyl groups excluding tert-OH is 1. The van der Waals surface area contributed by atoms with Gasteiger partial charge in [0.05, 0.1) is 6.10 Å². The molecule has 7 heteroatoms. The first kappa shape index (κ1) is 14.9. The number of piperidine rings is 1. The fraction of sp³-hybridized carbons (Fsp3) is 0.812. The molecule has 0 unspecified atom stereocenters. The number of hydrogen-bond donors (Lipinski definition) is 1. The molecule has 0 spiro atoms. The van der Waals surface area contributed by atoms with Crippen molar-refractivity contribution in [1.82, 2.24) is 15.0 Å². The van der Waals surface area contributed by atoms with Crippen LogP contribution >= 0.6 is 0 Å². The lowest BCUT2D eigenvalue weighted by molar-refractivity contribution is 0.153. The van der Waals surface area contributed by atoms with Crippen molar-refractivity contribution in [2.45, 2.75) is 44.6 Å². The molecule has 0 radical (unpaired) electrons. The lowest BCUT2D eigenvalue weighted by Gasteiger charge is -2.31. The highest BCUT2D eigenvalue weighted by Gasteiger charge is 2.25. The summed E-state index contributed by atoms with van der Waals surface area (Å²) in [6, 6.07) is 0. The number of aromatic nitrogens is 3. The Hall–Kier alpha value is -1.63. The smallest absolute Gasteiger partial charge is 0.232 e. The second-order valence-electron chi connectivity index (χ2n) is 6.87. The van der Waals surface area contributed by atoms with E-state index >= 15 is 0 Å². The first-order valence-corrected chi connectivity index (χ1v) is 8.98. The van der Waals surface area contributed by atoms with Gasteiger partial charge in [0.1, 0.15) is 0 Å². The molecule has 1 N–H and O–H groups in total. The zero-order valence-corrected chi connectivity index (χ0v) is 13.7. The van der Waals surface area contributed by atoms with Crippen LogP contribution < -0.4 is 14.7 Å². The number of rotatable bonds is 3. The second-order valence-corrected chi connectivity index (χ2v) is 6.87. The molecule has 0 aliphatic carbocycles. The fourth-order valence-corrected chi connectivity index (χ4v) is 3.74. The van der Waals surface area contributed by atoms with Crippen LogP contribution in [-0.4, -0.2) is 65.4 Å². The van der Waals surface area contributed by atoms with Crippen LogP contribution in [0.25, 0.3) is 0 Å². The Kier molecular flexibility index (Phi) is 4.20. The molecule has 0 saturated carbocycles. The van der Waals surface area contributed by atoms with Crippen molar-refractivity contribution < 1.29 is 5.11 Å². The summed E-state index contributed by atoms with van der Waals surface area (Å²) in [4.78, 5) is 20.9. The van der Waals surface area contributed by atoms with Crippen LogP contribution in [0.4, 0.5) is 17.8 Å². The summed E-state index contributed by atoms with van der Waals surface area (Å²) in [6.07, 6.45) is 6.44. The predicted octanol–water partition coefficient (Wildman–Crippen LogP) is 1.03. The Morgan fingerprint density at radius 3 is 1.57 bits per heavy atom. The summed E-state index contributed by atoms with van der Waals surface area (Å²) in [5, 5.41) is 9.97. The minimum absolute atomic E-state index is 0.272. The van der Waals surface area contributed by atoms with Crippen molar-refractivity contribution in [3.05, 3.63) is 0 Å². The molecule has 0 bridgehead atoms. The number of β-amino-alcohol motifs (C(OH)–C–C–N with tert-alkyl or cyclic N) is 1. The molecule has 1 atom stereocenters. The SMILES string of the molecule is O[C@@H]1CCCN(c2nc(N3CCCC3)nc(N3CCCC3)n2)C1. The molecule has 0 aromatic carbocycles. The van der Waals surface area contributed by atoms with Crippen molar-refractivity contribution in [1.29, 1.82) is 0 Å². The first-order chi connectivity index (χ1) is 11.3. The van der Waals surface area contributed by atoms with Gasteiger partial charge in [0.15, 0.2) is 0 Å². The molecule has 3 aliphatic rings. The van der Waals surface area contributed by atoms with Gasteiger partial charge < -0.3 is 19.8 Å². The van der Waals surface area contributed by atoms with Crippen molar-refractivity contribution >= 4 is 17.8 Å². The molecular weight excluding hydrogens is 292 g/mol. The van der Waals surface area contributed by atoms with E-state index in [1.165, 1.54) is 25.7 Å². The van der Waals surface area contributed by atoms with Gasteiger partial charge in [-0.05, 0) is 38.5 Å². The third-order valence-corrected chi connectivity index (χ3v) is 5.06. The minimum Gasteiger partial charge on any atom is -0.391 e. The minimum atomic E-state index is -0.272. The van der Waals surface area contributed by atoms with Crippen LogP contribution in [0, 0.1) is 0 Å². The maximum absolute atomic E-state index is 9.97. The highest BCUT2D eigenvalue weighted by atomic mass is 16.3. The average Bonchev–Trinajstić information content (AvgIpc) is 3.28. The Labute approximate surface area is 137 Å². The molecule has 3 saturated heterocycles. The normalized spacial score (nSPS) is 25.4. The van der Waals surface area contributed by atoms with E-state index in [1.807, 2.05) is 0 Å². The quantitative estimate of drug-likeness (QED) is 0.893. The van der Waals surface area contributed by atoms with Gasteiger partial charge in [-0.15, -0.1) is 0 Å². The van der Waals surface area contributed by atoms with Gasteiger partial charge in [-0.25, -0.2) is 0 Å². The summed E-state index contributed by atoms with van der Waals surface area (Å²) in [6.45, 7) is 5.68. The Morgan fingerprint density at radius 1 is 0.652 bits per heavy atom. The van der Waals surface area contributed by atoms with E-state index in [4.69, 9.17) is 15.0 Å². The van der Waals surface area contributed by atoms with E-state index in [9.17, 15) is 5.11 Å². The van der Waals surface area contributed by atoms with Crippen LogP contribution in [0.15, 0.2) is 0 Å². The van der Waals surface area contributed by atoms with Crippen LogP contribution in [0.2, 0.25) is 0 Å².